The first kappa shape index (κ1) is 14.4. The summed E-state index contributed by atoms with van der Waals surface area (Å²) in [6.07, 6.45) is 4.05. The number of hydrogen-bond donors (Lipinski definition) is 1. The molecular formula is C15H19NO4S. The Bertz CT molecular complexity index is 675. The molecule has 3 rings (SSSR count). The first-order chi connectivity index (χ1) is 9.96. The average molecular weight is 309 g/mol. The fourth-order valence-electron chi connectivity index (χ4n) is 3.43. The number of sulfone groups is 1. The summed E-state index contributed by atoms with van der Waals surface area (Å²) in [5, 5.41) is 3.27. The van der Waals surface area contributed by atoms with Crippen LogP contribution in [0.5, 0.6) is 0 Å². The number of anilines is 1. The zero-order valence-electron chi connectivity index (χ0n) is 12.0. The molecule has 1 fully saturated rings. The monoisotopic (exact) mass is 309 g/mol. The largest absolute Gasteiger partial charge is 0.465 e. The minimum atomic E-state index is -3.40. The van der Waals surface area contributed by atoms with Crippen LogP contribution in [-0.4, -0.2) is 33.8 Å². The fraction of sp³-hybridized carbons (Fsp3) is 0.533. The highest BCUT2D eigenvalue weighted by Crippen LogP contribution is 2.43. The van der Waals surface area contributed by atoms with E-state index in [1.807, 2.05) is 0 Å². The minimum Gasteiger partial charge on any atom is -0.465 e. The van der Waals surface area contributed by atoms with Crippen molar-refractivity contribution in [3.05, 3.63) is 23.8 Å². The number of nitrogens with one attached hydrogen (secondary N) is 1. The third-order valence-electron chi connectivity index (χ3n) is 4.55. The predicted octanol–water partition coefficient (Wildman–Crippen LogP) is 2.23. The Labute approximate surface area is 124 Å². The lowest BCUT2D eigenvalue weighted by Crippen LogP contribution is -2.31. The molecule has 0 aromatic heterocycles. The highest BCUT2D eigenvalue weighted by Gasteiger charge is 2.41. The molecule has 114 valence electrons. The summed E-state index contributed by atoms with van der Waals surface area (Å²) in [5.74, 6) is -0.363. The average Bonchev–Trinajstić information content (AvgIpc) is 2.87. The van der Waals surface area contributed by atoms with Crippen LogP contribution in [0.3, 0.4) is 0 Å². The number of benzene rings is 1. The van der Waals surface area contributed by atoms with Crippen molar-refractivity contribution in [3.8, 4) is 0 Å². The molecule has 21 heavy (non-hydrogen) atoms. The Morgan fingerprint density at radius 1 is 1.29 bits per heavy atom. The van der Waals surface area contributed by atoms with Gasteiger partial charge in [0.2, 0.25) is 0 Å². The lowest BCUT2D eigenvalue weighted by Gasteiger charge is -2.26. The van der Waals surface area contributed by atoms with Gasteiger partial charge in [-0.3, -0.25) is 0 Å². The van der Waals surface area contributed by atoms with Gasteiger partial charge in [-0.2, -0.15) is 0 Å². The molecule has 0 atom stereocenters. The summed E-state index contributed by atoms with van der Waals surface area (Å²) in [5.41, 5.74) is 0.693. The third-order valence-corrected chi connectivity index (χ3v) is 6.55. The van der Waals surface area contributed by atoms with E-state index in [1.54, 1.807) is 12.1 Å². The first-order valence-electron chi connectivity index (χ1n) is 7.15. The molecule has 1 aliphatic heterocycles. The molecule has 0 radical (unpaired) electrons. The second-order valence-electron chi connectivity index (χ2n) is 6.02. The zero-order valence-corrected chi connectivity index (χ0v) is 12.8. The lowest BCUT2D eigenvalue weighted by atomic mass is 9.88. The van der Waals surface area contributed by atoms with Crippen LogP contribution in [0.2, 0.25) is 0 Å². The van der Waals surface area contributed by atoms with Crippen molar-refractivity contribution in [1.29, 1.82) is 0 Å². The van der Waals surface area contributed by atoms with Crippen molar-refractivity contribution in [2.24, 2.45) is 5.41 Å². The standard InChI is InChI=1S/C15H19NO4S/c1-20-14(17)11-4-5-12-13(8-11)21(18,19)10-15(9-16-12)6-2-3-7-15/h4-5,8,16H,2-3,6-7,9-10H2,1H3. The van der Waals surface area contributed by atoms with Crippen LogP contribution in [0.25, 0.3) is 0 Å². The number of carbonyl (C=O) groups is 1. The van der Waals surface area contributed by atoms with E-state index in [4.69, 9.17) is 0 Å². The molecule has 2 aliphatic rings. The van der Waals surface area contributed by atoms with Crippen LogP contribution in [0.15, 0.2) is 23.1 Å². The van der Waals surface area contributed by atoms with E-state index in [0.717, 1.165) is 25.7 Å². The predicted molar refractivity (Wildman–Crippen MR) is 79.2 cm³/mol. The number of fused-ring (bicyclic) bond motifs is 1. The highest BCUT2D eigenvalue weighted by atomic mass is 32.2. The van der Waals surface area contributed by atoms with E-state index in [-0.39, 0.29) is 21.6 Å². The van der Waals surface area contributed by atoms with Gasteiger partial charge in [-0.25, -0.2) is 13.2 Å². The Balaban J connectivity index is 2.05. The maximum absolute atomic E-state index is 12.7. The van der Waals surface area contributed by atoms with Crippen LogP contribution in [0.4, 0.5) is 5.69 Å². The molecular weight excluding hydrogens is 290 g/mol. The highest BCUT2D eigenvalue weighted by molar-refractivity contribution is 7.91. The summed E-state index contributed by atoms with van der Waals surface area (Å²) in [4.78, 5) is 11.8. The van der Waals surface area contributed by atoms with Gasteiger partial charge >= 0.3 is 5.97 Å². The Hall–Kier alpha value is -1.56. The Morgan fingerprint density at radius 3 is 2.67 bits per heavy atom. The fourth-order valence-corrected chi connectivity index (χ4v) is 5.57. The quantitative estimate of drug-likeness (QED) is 0.805. The second-order valence-corrected chi connectivity index (χ2v) is 7.98. The molecule has 0 unspecified atom stereocenters. The van der Waals surface area contributed by atoms with Crippen molar-refractivity contribution in [2.75, 3.05) is 24.7 Å². The van der Waals surface area contributed by atoms with E-state index in [2.05, 4.69) is 10.1 Å². The van der Waals surface area contributed by atoms with Gasteiger partial charge in [-0.1, -0.05) is 12.8 Å². The van der Waals surface area contributed by atoms with Crippen LogP contribution >= 0.6 is 0 Å². The van der Waals surface area contributed by atoms with Crippen LogP contribution in [0.1, 0.15) is 36.0 Å². The topological polar surface area (TPSA) is 72.5 Å². The molecule has 1 aliphatic carbocycles. The van der Waals surface area contributed by atoms with E-state index in [9.17, 15) is 13.2 Å². The van der Waals surface area contributed by atoms with E-state index >= 15 is 0 Å². The SMILES string of the molecule is COC(=O)c1ccc2c(c1)S(=O)(=O)CC1(CCCC1)CN2. The van der Waals surface area contributed by atoms with E-state index in [1.165, 1.54) is 13.2 Å². The van der Waals surface area contributed by atoms with Crippen LogP contribution in [-0.2, 0) is 14.6 Å². The van der Waals surface area contributed by atoms with Gasteiger partial charge in [0.1, 0.15) is 0 Å². The summed E-state index contributed by atoms with van der Waals surface area (Å²) in [6, 6.07) is 4.68. The second kappa shape index (κ2) is 5.02. The summed E-state index contributed by atoms with van der Waals surface area (Å²) < 4.78 is 30.1. The van der Waals surface area contributed by atoms with Crippen molar-refractivity contribution < 1.29 is 17.9 Å². The first-order valence-corrected chi connectivity index (χ1v) is 8.80. The smallest absolute Gasteiger partial charge is 0.337 e. The van der Waals surface area contributed by atoms with E-state index in [0.29, 0.717) is 12.2 Å². The number of carbonyl (C=O) groups excluding carboxylic acids is 1. The molecule has 1 N–H and O–H groups in total. The van der Waals surface area contributed by atoms with Crippen LogP contribution in [0, 0.1) is 5.41 Å². The van der Waals surface area contributed by atoms with Crippen LogP contribution < -0.4 is 5.32 Å². The Morgan fingerprint density at radius 2 is 2.00 bits per heavy atom. The lowest BCUT2D eigenvalue weighted by molar-refractivity contribution is 0.0600. The number of methoxy groups -OCH3 is 1. The van der Waals surface area contributed by atoms with Gasteiger partial charge in [0.05, 0.1) is 29.0 Å². The van der Waals surface area contributed by atoms with Gasteiger partial charge in [0.25, 0.3) is 0 Å². The molecule has 1 aromatic rings. The van der Waals surface area contributed by atoms with Gasteiger partial charge < -0.3 is 10.1 Å². The third kappa shape index (κ3) is 2.52. The van der Waals surface area contributed by atoms with Crippen molar-refractivity contribution >= 4 is 21.5 Å². The molecule has 0 saturated heterocycles. The van der Waals surface area contributed by atoms with Gasteiger partial charge in [0.15, 0.2) is 9.84 Å². The normalized spacial score (nSPS) is 22.1. The van der Waals surface area contributed by atoms with Crippen molar-refractivity contribution in [3.63, 3.8) is 0 Å². The van der Waals surface area contributed by atoms with Gasteiger partial charge in [0, 0.05) is 12.0 Å². The molecule has 0 amide bonds. The number of esters is 1. The van der Waals surface area contributed by atoms with Crippen molar-refractivity contribution in [2.45, 2.75) is 30.6 Å². The Kier molecular flexibility index (Phi) is 3.43. The molecule has 0 bridgehead atoms. The maximum Gasteiger partial charge on any atom is 0.337 e. The van der Waals surface area contributed by atoms with E-state index < -0.39 is 15.8 Å². The molecule has 1 heterocycles. The molecule has 5 nitrogen and oxygen atoms in total. The van der Waals surface area contributed by atoms with Crippen molar-refractivity contribution in [1.82, 2.24) is 0 Å². The summed E-state index contributed by atoms with van der Waals surface area (Å²) in [7, 11) is -2.12. The number of ether oxygens (including phenoxy) is 1. The van der Waals surface area contributed by atoms with Gasteiger partial charge in [-0.05, 0) is 31.0 Å². The maximum atomic E-state index is 12.7. The molecule has 1 spiro atoms. The molecule has 1 saturated carbocycles. The number of hydrogen-bond acceptors (Lipinski definition) is 5. The van der Waals surface area contributed by atoms with Gasteiger partial charge in [-0.15, -0.1) is 0 Å². The summed E-state index contributed by atoms with van der Waals surface area (Å²) in [6.45, 7) is 0.677. The molecule has 1 aromatic carbocycles. The summed E-state index contributed by atoms with van der Waals surface area (Å²) >= 11 is 0. The molecule has 6 heteroatoms. The zero-order chi connectivity index (χ0) is 15.1. The minimum absolute atomic E-state index is 0.157. The number of rotatable bonds is 1.